The molecule has 0 fully saturated rings. The highest BCUT2D eigenvalue weighted by Crippen LogP contribution is 2.25. The van der Waals surface area contributed by atoms with E-state index in [2.05, 4.69) is 48.7 Å². The van der Waals surface area contributed by atoms with Crippen molar-refractivity contribution in [3.63, 3.8) is 0 Å². The number of thiophene rings is 1. The van der Waals surface area contributed by atoms with Crippen molar-refractivity contribution < 1.29 is 0 Å². The summed E-state index contributed by atoms with van der Waals surface area (Å²) in [6.45, 7) is 2.30. The molecule has 0 nitrogen and oxygen atoms in total. The Hall–Kier alpha value is -1.08. The molecule has 1 heteroatoms. The molecule has 0 spiro atoms. The Balaban J connectivity index is 1.38. The fourth-order valence-corrected chi connectivity index (χ4v) is 4.54. The van der Waals surface area contributed by atoms with Crippen LogP contribution in [0.1, 0.15) is 102 Å². The zero-order chi connectivity index (χ0) is 19.0. The average molecular weight is 385 g/mol. The molecule has 0 unspecified atom stereocenters. The van der Waals surface area contributed by atoms with E-state index in [0.29, 0.717) is 0 Å². The van der Waals surface area contributed by atoms with Crippen molar-refractivity contribution >= 4 is 11.3 Å². The lowest BCUT2D eigenvalue weighted by atomic mass is 10.0. The third-order valence-corrected chi connectivity index (χ3v) is 6.50. The summed E-state index contributed by atoms with van der Waals surface area (Å²) in [6.07, 6.45) is 21.3. The number of aryl methyl sites for hydroxylation is 1. The third-order valence-electron chi connectivity index (χ3n) is 5.58. The number of benzene rings is 1. The van der Waals surface area contributed by atoms with E-state index in [1.807, 2.05) is 11.3 Å². The van der Waals surface area contributed by atoms with Crippen LogP contribution in [-0.4, -0.2) is 0 Å². The van der Waals surface area contributed by atoms with Crippen LogP contribution < -0.4 is 0 Å². The first-order valence-corrected chi connectivity index (χ1v) is 12.4. The molecule has 0 aliphatic carbocycles. The molecule has 150 valence electrons. The maximum Gasteiger partial charge on any atom is 0.0342 e. The predicted octanol–water partition coefficient (Wildman–Crippen LogP) is 9.44. The molecule has 0 saturated carbocycles. The molecule has 0 aliphatic heterocycles. The Morgan fingerprint density at radius 1 is 0.593 bits per heavy atom. The predicted molar refractivity (Wildman–Crippen MR) is 124 cm³/mol. The normalized spacial score (nSPS) is 11.1. The molecule has 27 heavy (non-hydrogen) atoms. The first-order valence-electron chi connectivity index (χ1n) is 11.5. The van der Waals surface area contributed by atoms with Crippen molar-refractivity contribution in [2.75, 3.05) is 0 Å². The van der Waals surface area contributed by atoms with Crippen LogP contribution in [0.15, 0.2) is 41.8 Å². The van der Waals surface area contributed by atoms with Gasteiger partial charge in [0.1, 0.15) is 0 Å². The van der Waals surface area contributed by atoms with Crippen LogP contribution in [0, 0.1) is 0 Å². The second-order valence-electron chi connectivity index (χ2n) is 8.02. The first-order chi connectivity index (χ1) is 13.4. The van der Waals surface area contributed by atoms with E-state index in [1.54, 1.807) is 0 Å². The lowest BCUT2D eigenvalue weighted by Crippen LogP contribution is -1.87. The van der Waals surface area contributed by atoms with Crippen molar-refractivity contribution in [2.45, 2.75) is 103 Å². The van der Waals surface area contributed by atoms with Crippen LogP contribution in [0.4, 0.5) is 0 Å². The summed E-state index contributed by atoms with van der Waals surface area (Å²) in [5, 5.41) is 2.15. The van der Waals surface area contributed by atoms with E-state index in [4.69, 9.17) is 0 Å². The standard InChI is InChI=1S/C26H40S/c1-2-3-4-5-6-7-8-9-10-11-12-13-14-15-17-24-19-21-25(22-20-24)26-18-16-23-27-26/h16,18-23H,2-15,17H2,1H3. The molecular weight excluding hydrogens is 344 g/mol. The minimum absolute atomic E-state index is 1.24. The van der Waals surface area contributed by atoms with E-state index in [-0.39, 0.29) is 0 Å². The number of hydrogen-bond acceptors (Lipinski definition) is 1. The fraction of sp³-hybridized carbons (Fsp3) is 0.615. The minimum atomic E-state index is 1.24. The Kier molecular flexibility index (Phi) is 12.3. The van der Waals surface area contributed by atoms with Gasteiger partial charge in [0.25, 0.3) is 0 Å². The molecule has 1 heterocycles. The van der Waals surface area contributed by atoms with Gasteiger partial charge in [-0.25, -0.2) is 0 Å². The smallest absolute Gasteiger partial charge is 0.0342 e. The van der Waals surface area contributed by atoms with Gasteiger partial charge in [-0.1, -0.05) is 121 Å². The van der Waals surface area contributed by atoms with Gasteiger partial charge in [0.05, 0.1) is 0 Å². The number of rotatable bonds is 16. The Morgan fingerprint density at radius 2 is 1.11 bits per heavy atom. The molecule has 1 aromatic carbocycles. The molecule has 2 rings (SSSR count). The van der Waals surface area contributed by atoms with Gasteiger partial charge in [-0.2, -0.15) is 0 Å². The van der Waals surface area contributed by atoms with Gasteiger partial charge >= 0.3 is 0 Å². The summed E-state index contributed by atoms with van der Waals surface area (Å²) >= 11 is 1.82. The summed E-state index contributed by atoms with van der Waals surface area (Å²) in [7, 11) is 0. The molecule has 2 aromatic rings. The van der Waals surface area contributed by atoms with E-state index in [0.717, 1.165) is 0 Å². The van der Waals surface area contributed by atoms with Crippen LogP contribution in [-0.2, 0) is 6.42 Å². The van der Waals surface area contributed by atoms with E-state index in [1.165, 1.54) is 112 Å². The Bertz CT molecular complexity index is 552. The second kappa shape index (κ2) is 14.9. The van der Waals surface area contributed by atoms with Crippen molar-refractivity contribution in [3.8, 4) is 10.4 Å². The number of unbranched alkanes of at least 4 members (excludes halogenated alkanes) is 13. The topological polar surface area (TPSA) is 0 Å². The average Bonchev–Trinajstić information content (AvgIpc) is 3.23. The van der Waals surface area contributed by atoms with Crippen molar-refractivity contribution in [1.29, 1.82) is 0 Å². The summed E-state index contributed by atoms with van der Waals surface area (Å²) in [4.78, 5) is 1.37. The first kappa shape index (κ1) is 22.2. The van der Waals surface area contributed by atoms with Crippen molar-refractivity contribution in [1.82, 2.24) is 0 Å². The third kappa shape index (κ3) is 10.1. The molecule has 0 atom stereocenters. The van der Waals surface area contributed by atoms with E-state index < -0.39 is 0 Å². The highest BCUT2D eigenvalue weighted by atomic mass is 32.1. The molecule has 0 radical (unpaired) electrons. The molecule has 1 aromatic heterocycles. The van der Waals surface area contributed by atoms with E-state index >= 15 is 0 Å². The summed E-state index contributed by atoms with van der Waals surface area (Å²) in [6, 6.07) is 13.5. The van der Waals surface area contributed by atoms with Gasteiger partial charge in [0.15, 0.2) is 0 Å². The molecule has 0 N–H and O–H groups in total. The highest BCUT2D eigenvalue weighted by molar-refractivity contribution is 7.13. The molecule has 0 bridgehead atoms. The second-order valence-corrected chi connectivity index (χ2v) is 8.97. The van der Waals surface area contributed by atoms with Gasteiger partial charge < -0.3 is 0 Å². The maximum absolute atomic E-state index is 2.32. The monoisotopic (exact) mass is 384 g/mol. The van der Waals surface area contributed by atoms with Gasteiger partial charge in [-0.15, -0.1) is 11.3 Å². The van der Waals surface area contributed by atoms with Crippen molar-refractivity contribution in [3.05, 3.63) is 47.3 Å². The number of hydrogen-bond donors (Lipinski definition) is 0. The molecular formula is C26H40S. The SMILES string of the molecule is CCCCCCCCCCCCCCCCc1ccc(-c2cccs2)cc1. The zero-order valence-electron chi connectivity index (χ0n) is 17.6. The highest BCUT2D eigenvalue weighted by Gasteiger charge is 1.99. The lowest BCUT2D eigenvalue weighted by Gasteiger charge is -2.05. The van der Waals surface area contributed by atoms with E-state index in [9.17, 15) is 0 Å². The van der Waals surface area contributed by atoms with Crippen LogP contribution in [0.25, 0.3) is 10.4 Å². The van der Waals surface area contributed by atoms with Gasteiger partial charge in [0, 0.05) is 4.88 Å². The van der Waals surface area contributed by atoms with Crippen LogP contribution in [0.2, 0.25) is 0 Å². The summed E-state index contributed by atoms with van der Waals surface area (Å²) in [5.41, 5.74) is 2.85. The quantitative estimate of drug-likeness (QED) is 0.253. The van der Waals surface area contributed by atoms with Gasteiger partial charge in [-0.3, -0.25) is 0 Å². The maximum atomic E-state index is 2.32. The minimum Gasteiger partial charge on any atom is -0.144 e. The largest absolute Gasteiger partial charge is 0.144 e. The lowest BCUT2D eigenvalue weighted by molar-refractivity contribution is 0.535. The Labute approximate surface area is 172 Å². The summed E-state index contributed by atoms with van der Waals surface area (Å²) < 4.78 is 0. The summed E-state index contributed by atoms with van der Waals surface area (Å²) in [5.74, 6) is 0. The Morgan fingerprint density at radius 3 is 1.59 bits per heavy atom. The molecule has 0 amide bonds. The van der Waals surface area contributed by atoms with Crippen molar-refractivity contribution in [2.24, 2.45) is 0 Å². The van der Waals surface area contributed by atoms with Crippen LogP contribution >= 0.6 is 11.3 Å². The molecule has 0 aliphatic rings. The fourth-order valence-electron chi connectivity index (χ4n) is 3.80. The van der Waals surface area contributed by atoms with Gasteiger partial charge in [0.2, 0.25) is 0 Å². The zero-order valence-corrected chi connectivity index (χ0v) is 18.4. The van der Waals surface area contributed by atoms with Crippen LogP contribution in [0.3, 0.4) is 0 Å². The van der Waals surface area contributed by atoms with Gasteiger partial charge in [-0.05, 0) is 35.4 Å². The molecule has 0 saturated heterocycles. The van der Waals surface area contributed by atoms with Crippen LogP contribution in [0.5, 0.6) is 0 Å².